The van der Waals surface area contributed by atoms with Crippen molar-refractivity contribution >= 4 is 36.0 Å². The Morgan fingerprint density at radius 3 is 2.58 bits per heavy atom. The van der Waals surface area contributed by atoms with Crippen LogP contribution < -0.4 is 10.6 Å². The molecule has 24 heavy (non-hydrogen) atoms. The standard InChI is InChI=1S/C14H27N7O2.HI/c1-14(2,3)23-13(22)20(5)8-7-16-12(15-4)17-9-11-18-10-19-21(11)6;/h10H,7-9H2,1-6H3,(H2,15,16,17);1H. The molecule has 1 rings (SSSR count). The Kier molecular flexibility index (Phi) is 9.63. The summed E-state index contributed by atoms with van der Waals surface area (Å²) in [5.74, 6) is 1.43. The van der Waals surface area contributed by atoms with Gasteiger partial charge in [0.05, 0.1) is 6.54 Å². The molecule has 1 heterocycles. The van der Waals surface area contributed by atoms with Crippen LogP contribution in [0.5, 0.6) is 0 Å². The van der Waals surface area contributed by atoms with Crippen LogP contribution in [0.2, 0.25) is 0 Å². The first-order valence-corrected chi connectivity index (χ1v) is 7.44. The highest BCUT2D eigenvalue weighted by molar-refractivity contribution is 14.0. The van der Waals surface area contributed by atoms with Gasteiger partial charge in [-0.1, -0.05) is 0 Å². The predicted octanol–water partition coefficient (Wildman–Crippen LogP) is 0.965. The predicted molar refractivity (Wildman–Crippen MR) is 103 cm³/mol. The summed E-state index contributed by atoms with van der Waals surface area (Å²) in [5.41, 5.74) is -0.494. The van der Waals surface area contributed by atoms with Gasteiger partial charge in [0.2, 0.25) is 0 Å². The van der Waals surface area contributed by atoms with Crippen LogP contribution in [-0.2, 0) is 18.3 Å². The zero-order chi connectivity index (χ0) is 17.5. The number of halogens is 1. The van der Waals surface area contributed by atoms with E-state index in [1.54, 1.807) is 18.8 Å². The third-order valence-corrected chi connectivity index (χ3v) is 2.89. The number of guanidine groups is 1. The largest absolute Gasteiger partial charge is 0.444 e. The molecule has 0 bridgehead atoms. The van der Waals surface area contributed by atoms with Gasteiger partial charge in [0.15, 0.2) is 5.96 Å². The van der Waals surface area contributed by atoms with E-state index >= 15 is 0 Å². The van der Waals surface area contributed by atoms with Crippen LogP contribution in [0.1, 0.15) is 26.6 Å². The van der Waals surface area contributed by atoms with Crippen molar-refractivity contribution in [3.05, 3.63) is 12.2 Å². The summed E-state index contributed by atoms with van der Waals surface area (Å²) in [4.78, 5) is 21.6. The highest BCUT2D eigenvalue weighted by Gasteiger charge is 2.19. The fraction of sp³-hybridized carbons (Fsp3) is 0.714. The van der Waals surface area contributed by atoms with E-state index in [9.17, 15) is 4.79 Å². The fourth-order valence-corrected chi connectivity index (χ4v) is 1.64. The molecule has 0 aliphatic carbocycles. The molecule has 0 saturated heterocycles. The second-order valence-electron chi connectivity index (χ2n) is 6.05. The molecule has 1 aromatic heterocycles. The van der Waals surface area contributed by atoms with Crippen LogP contribution in [0, 0.1) is 0 Å². The number of hydrogen-bond donors (Lipinski definition) is 2. The molecule has 0 spiro atoms. The van der Waals surface area contributed by atoms with Crippen LogP contribution in [0.25, 0.3) is 0 Å². The highest BCUT2D eigenvalue weighted by atomic mass is 127. The average molecular weight is 453 g/mol. The minimum Gasteiger partial charge on any atom is -0.444 e. The van der Waals surface area contributed by atoms with Crippen molar-refractivity contribution in [2.24, 2.45) is 12.0 Å². The van der Waals surface area contributed by atoms with E-state index in [0.29, 0.717) is 25.6 Å². The van der Waals surface area contributed by atoms with Crippen molar-refractivity contribution in [3.8, 4) is 0 Å². The fourth-order valence-electron chi connectivity index (χ4n) is 1.64. The van der Waals surface area contributed by atoms with Crippen LogP contribution in [-0.4, -0.2) is 64.5 Å². The SMILES string of the molecule is CN=C(NCCN(C)C(=O)OC(C)(C)C)NCc1ncnn1C.I. The molecular weight excluding hydrogens is 425 g/mol. The number of aliphatic imine (C=N–C) groups is 1. The maximum absolute atomic E-state index is 11.8. The second-order valence-corrected chi connectivity index (χ2v) is 6.05. The summed E-state index contributed by atoms with van der Waals surface area (Å²) in [6.45, 7) is 7.09. The van der Waals surface area contributed by atoms with Crippen molar-refractivity contribution in [2.75, 3.05) is 27.2 Å². The van der Waals surface area contributed by atoms with E-state index in [0.717, 1.165) is 5.82 Å². The van der Waals surface area contributed by atoms with Gasteiger partial charge >= 0.3 is 6.09 Å². The average Bonchev–Trinajstić information content (AvgIpc) is 2.86. The number of carbonyl (C=O) groups excluding carboxylic acids is 1. The van der Waals surface area contributed by atoms with Crippen molar-refractivity contribution in [1.29, 1.82) is 0 Å². The van der Waals surface area contributed by atoms with E-state index in [-0.39, 0.29) is 30.1 Å². The van der Waals surface area contributed by atoms with Gasteiger partial charge in [-0.3, -0.25) is 9.67 Å². The Labute approximate surface area is 160 Å². The Morgan fingerprint density at radius 2 is 2.08 bits per heavy atom. The van der Waals surface area contributed by atoms with E-state index in [2.05, 4.69) is 25.7 Å². The van der Waals surface area contributed by atoms with Gasteiger partial charge in [-0.2, -0.15) is 5.10 Å². The zero-order valence-corrected chi connectivity index (χ0v) is 17.5. The third kappa shape index (κ3) is 8.31. The quantitative estimate of drug-likeness (QED) is 0.392. The van der Waals surface area contributed by atoms with Crippen molar-refractivity contribution in [2.45, 2.75) is 32.9 Å². The molecule has 2 N–H and O–H groups in total. The number of aromatic nitrogens is 3. The number of nitrogens with one attached hydrogen (secondary N) is 2. The monoisotopic (exact) mass is 453 g/mol. The Bertz CT molecular complexity index is 539. The smallest absolute Gasteiger partial charge is 0.410 e. The summed E-state index contributed by atoms with van der Waals surface area (Å²) >= 11 is 0. The number of amides is 1. The van der Waals surface area contributed by atoms with Gasteiger partial charge < -0.3 is 20.3 Å². The van der Waals surface area contributed by atoms with E-state index < -0.39 is 5.60 Å². The molecule has 0 unspecified atom stereocenters. The van der Waals surface area contributed by atoms with Gasteiger partial charge in [-0.15, -0.1) is 24.0 Å². The molecule has 0 aliphatic heterocycles. The first kappa shape index (κ1) is 22.4. The maximum atomic E-state index is 11.8. The Hall–Kier alpha value is -1.59. The first-order chi connectivity index (χ1) is 10.7. The number of likely N-dealkylation sites (N-methyl/N-ethyl adjacent to an activating group) is 1. The van der Waals surface area contributed by atoms with Gasteiger partial charge in [-0.05, 0) is 20.8 Å². The summed E-state index contributed by atoms with van der Waals surface area (Å²) in [7, 11) is 5.21. The lowest BCUT2D eigenvalue weighted by Gasteiger charge is -2.24. The topological polar surface area (TPSA) is 96.7 Å². The van der Waals surface area contributed by atoms with Gasteiger partial charge in [0.1, 0.15) is 17.8 Å². The number of nitrogens with zero attached hydrogens (tertiary/aromatic N) is 5. The van der Waals surface area contributed by atoms with Gasteiger partial charge in [0, 0.05) is 34.2 Å². The molecule has 0 fully saturated rings. The maximum Gasteiger partial charge on any atom is 0.410 e. The van der Waals surface area contributed by atoms with E-state index in [4.69, 9.17) is 4.74 Å². The normalized spacial score (nSPS) is 11.5. The van der Waals surface area contributed by atoms with Crippen molar-refractivity contribution in [1.82, 2.24) is 30.3 Å². The summed E-state index contributed by atoms with van der Waals surface area (Å²) in [6.07, 6.45) is 1.16. The number of hydrogen-bond acceptors (Lipinski definition) is 5. The summed E-state index contributed by atoms with van der Waals surface area (Å²) < 4.78 is 6.98. The minimum absolute atomic E-state index is 0. The Balaban J connectivity index is 0.00000529. The van der Waals surface area contributed by atoms with Gasteiger partial charge in [-0.25, -0.2) is 9.78 Å². The third-order valence-electron chi connectivity index (χ3n) is 2.89. The lowest BCUT2D eigenvalue weighted by molar-refractivity contribution is 0.0302. The molecule has 1 amide bonds. The molecule has 10 heteroatoms. The molecule has 0 saturated carbocycles. The lowest BCUT2D eigenvalue weighted by atomic mass is 10.2. The minimum atomic E-state index is -0.494. The molecule has 0 radical (unpaired) electrons. The summed E-state index contributed by atoms with van der Waals surface area (Å²) in [6, 6.07) is 0. The van der Waals surface area contributed by atoms with Crippen molar-refractivity contribution in [3.63, 3.8) is 0 Å². The number of rotatable bonds is 5. The second kappa shape index (κ2) is 10.3. The van der Waals surface area contributed by atoms with Gasteiger partial charge in [0.25, 0.3) is 0 Å². The van der Waals surface area contributed by atoms with Crippen LogP contribution in [0.3, 0.4) is 0 Å². The highest BCUT2D eigenvalue weighted by Crippen LogP contribution is 2.08. The molecule has 1 aromatic rings. The van der Waals surface area contributed by atoms with Crippen LogP contribution in [0.4, 0.5) is 4.79 Å². The molecule has 0 atom stereocenters. The van der Waals surface area contributed by atoms with Crippen molar-refractivity contribution < 1.29 is 9.53 Å². The van der Waals surface area contributed by atoms with Crippen LogP contribution >= 0.6 is 24.0 Å². The number of aryl methyl sites for hydroxylation is 1. The Morgan fingerprint density at radius 1 is 1.42 bits per heavy atom. The number of carbonyl (C=O) groups is 1. The molecular formula is C14H28IN7O2. The van der Waals surface area contributed by atoms with E-state index in [1.165, 1.54) is 11.2 Å². The molecule has 138 valence electrons. The first-order valence-electron chi connectivity index (χ1n) is 7.44. The summed E-state index contributed by atoms with van der Waals surface area (Å²) in [5, 5.41) is 10.3. The van der Waals surface area contributed by atoms with E-state index in [1.807, 2.05) is 27.8 Å². The lowest BCUT2D eigenvalue weighted by Crippen LogP contribution is -2.43. The molecule has 9 nitrogen and oxygen atoms in total. The number of ether oxygens (including phenoxy) is 1. The zero-order valence-electron chi connectivity index (χ0n) is 15.2. The van der Waals surface area contributed by atoms with Crippen LogP contribution in [0.15, 0.2) is 11.3 Å². The molecule has 0 aliphatic rings. The molecule has 0 aromatic carbocycles.